The number of halogens is 1. The van der Waals surface area contributed by atoms with E-state index in [4.69, 9.17) is 11.6 Å². The van der Waals surface area contributed by atoms with Gasteiger partial charge in [0.2, 0.25) is 0 Å². The fourth-order valence-corrected chi connectivity index (χ4v) is 4.50. The average Bonchev–Trinajstić information content (AvgIpc) is 2.33. The molecule has 4 bridgehead atoms. The molecule has 1 N–H and O–H groups in total. The van der Waals surface area contributed by atoms with Crippen LogP contribution in [0.15, 0.2) is 18.2 Å². The fourth-order valence-electron chi connectivity index (χ4n) is 4.33. The van der Waals surface area contributed by atoms with Crippen LogP contribution in [0.5, 0.6) is 0 Å². The van der Waals surface area contributed by atoms with Gasteiger partial charge in [0.1, 0.15) is 0 Å². The number of piperidine rings is 4. The van der Waals surface area contributed by atoms with Gasteiger partial charge in [0, 0.05) is 34.9 Å². The standard InChI is InChI=1S/C15H19ClN2/c1-9-14(16)3-2-4-15(9)18-12-5-10-6-13(18)8-11(7-12)17-10/h2-4,10-13,17H,5-8H2,1H3. The fraction of sp³-hybridized carbons (Fsp3) is 0.600. The second-order valence-corrected chi connectivity index (χ2v) is 6.51. The lowest BCUT2D eigenvalue weighted by Crippen LogP contribution is -2.67. The molecule has 96 valence electrons. The summed E-state index contributed by atoms with van der Waals surface area (Å²) in [7, 11) is 0. The maximum Gasteiger partial charge on any atom is 0.0455 e. The highest BCUT2D eigenvalue weighted by Crippen LogP contribution is 2.43. The lowest BCUT2D eigenvalue weighted by molar-refractivity contribution is 0.134. The number of nitrogens with zero attached hydrogens (tertiary/aromatic N) is 1. The Morgan fingerprint density at radius 3 is 2.33 bits per heavy atom. The van der Waals surface area contributed by atoms with Crippen LogP contribution in [-0.4, -0.2) is 24.2 Å². The lowest BCUT2D eigenvalue weighted by Gasteiger charge is -2.58. The predicted molar refractivity (Wildman–Crippen MR) is 75.4 cm³/mol. The van der Waals surface area contributed by atoms with Gasteiger partial charge in [-0.1, -0.05) is 17.7 Å². The summed E-state index contributed by atoms with van der Waals surface area (Å²) >= 11 is 6.29. The first kappa shape index (κ1) is 11.1. The van der Waals surface area contributed by atoms with Crippen LogP contribution >= 0.6 is 11.6 Å². The van der Waals surface area contributed by atoms with Gasteiger partial charge in [-0.25, -0.2) is 0 Å². The Bertz CT molecular complexity index is 457. The molecule has 0 aromatic heterocycles. The Kier molecular flexibility index (Phi) is 2.40. The van der Waals surface area contributed by atoms with Gasteiger partial charge >= 0.3 is 0 Å². The lowest BCUT2D eigenvalue weighted by atomic mass is 9.74. The molecule has 4 saturated heterocycles. The largest absolute Gasteiger partial charge is 0.365 e. The molecule has 2 nitrogen and oxygen atoms in total. The molecule has 0 spiro atoms. The predicted octanol–water partition coefficient (Wildman–Crippen LogP) is 3.12. The normalized spacial score (nSPS) is 37.3. The number of hydrogen-bond donors (Lipinski definition) is 1. The Hall–Kier alpha value is -0.730. The van der Waals surface area contributed by atoms with E-state index in [2.05, 4.69) is 29.3 Å². The van der Waals surface area contributed by atoms with E-state index in [0.717, 1.165) is 29.2 Å². The highest BCUT2D eigenvalue weighted by molar-refractivity contribution is 6.31. The second kappa shape index (κ2) is 3.88. The van der Waals surface area contributed by atoms with Crippen molar-refractivity contribution in [3.05, 3.63) is 28.8 Å². The third kappa shape index (κ3) is 1.52. The minimum absolute atomic E-state index is 0.728. The molecule has 5 rings (SSSR count). The minimum atomic E-state index is 0.728. The minimum Gasteiger partial charge on any atom is -0.365 e. The Labute approximate surface area is 113 Å². The molecule has 1 aromatic rings. The summed E-state index contributed by atoms with van der Waals surface area (Å²) in [6, 6.07) is 9.33. The van der Waals surface area contributed by atoms with Crippen LogP contribution in [0.2, 0.25) is 5.02 Å². The summed E-state index contributed by atoms with van der Waals surface area (Å²) in [6.07, 6.45) is 5.22. The zero-order chi connectivity index (χ0) is 12.3. The molecule has 4 aliphatic rings. The molecule has 0 saturated carbocycles. The van der Waals surface area contributed by atoms with E-state index in [1.165, 1.54) is 36.9 Å². The van der Waals surface area contributed by atoms with Crippen LogP contribution in [0.4, 0.5) is 5.69 Å². The zero-order valence-electron chi connectivity index (χ0n) is 10.7. The Morgan fingerprint density at radius 2 is 1.72 bits per heavy atom. The highest BCUT2D eigenvalue weighted by Gasteiger charge is 2.46. The summed E-state index contributed by atoms with van der Waals surface area (Å²) in [5.41, 5.74) is 2.62. The highest BCUT2D eigenvalue weighted by atomic mass is 35.5. The molecular weight excluding hydrogens is 244 g/mol. The van der Waals surface area contributed by atoms with Crippen molar-refractivity contribution in [1.82, 2.24) is 5.32 Å². The number of nitrogens with one attached hydrogen (secondary N) is 1. The molecule has 0 amide bonds. The molecule has 0 atom stereocenters. The third-order valence-electron chi connectivity index (χ3n) is 5.00. The van der Waals surface area contributed by atoms with Crippen molar-refractivity contribution in [3.8, 4) is 0 Å². The first-order chi connectivity index (χ1) is 8.72. The SMILES string of the molecule is Cc1c(Cl)cccc1N1C2CC3CC1CC(C2)N3. The summed E-state index contributed by atoms with van der Waals surface area (Å²) in [5.74, 6) is 0. The van der Waals surface area contributed by atoms with E-state index in [9.17, 15) is 0 Å². The molecule has 4 heterocycles. The van der Waals surface area contributed by atoms with Crippen molar-refractivity contribution in [2.75, 3.05) is 4.90 Å². The van der Waals surface area contributed by atoms with Crippen LogP contribution in [0.3, 0.4) is 0 Å². The summed E-state index contributed by atoms with van der Waals surface area (Å²) in [5, 5.41) is 4.66. The smallest absolute Gasteiger partial charge is 0.0455 e. The number of anilines is 1. The van der Waals surface area contributed by atoms with Crippen LogP contribution < -0.4 is 10.2 Å². The zero-order valence-corrected chi connectivity index (χ0v) is 11.5. The molecule has 1 aromatic carbocycles. The number of benzene rings is 1. The molecule has 4 fully saturated rings. The maximum atomic E-state index is 6.29. The molecule has 0 unspecified atom stereocenters. The van der Waals surface area contributed by atoms with Crippen molar-refractivity contribution in [2.45, 2.75) is 56.8 Å². The monoisotopic (exact) mass is 262 g/mol. The average molecular weight is 263 g/mol. The van der Waals surface area contributed by atoms with E-state index in [0.29, 0.717) is 0 Å². The maximum absolute atomic E-state index is 6.29. The number of hydrogen-bond acceptors (Lipinski definition) is 2. The quantitative estimate of drug-likeness (QED) is 0.837. The van der Waals surface area contributed by atoms with E-state index in [1.54, 1.807) is 0 Å². The van der Waals surface area contributed by atoms with Gasteiger partial charge in [-0.15, -0.1) is 0 Å². The van der Waals surface area contributed by atoms with Crippen LogP contribution in [0.1, 0.15) is 31.2 Å². The van der Waals surface area contributed by atoms with E-state index in [-0.39, 0.29) is 0 Å². The molecule has 0 radical (unpaired) electrons. The van der Waals surface area contributed by atoms with Crippen molar-refractivity contribution >= 4 is 17.3 Å². The van der Waals surface area contributed by atoms with Gasteiger partial charge in [-0.2, -0.15) is 0 Å². The van der Waals surface area contributed by atoms with Gasteiger partial charge in [0.15, 0.2) is 0 Å². The second-order valence-electron chi connectivity index (χ2n) is 6.10. The molecule has 3 heteroatoms. The third-order valence-corrected chi connectivity index (χ3v) is 5.41. The Balaban J connectivity index is 1.74. The molecule has 0 aliphatic carbocycles. The van der Waals surface area contributed by atoms with Gasteiger partial charge < -0.3 is 10.2 Å². The summed E-state index contributed by atoms with van der Waals surface area (Å²) < 4.78 is 0. The van der Waals surface area contributed by atoms with Gasteiger partial charge in [-0.05, 0) is 50.3 Å². The Morgan fingerprint density at radius 1 is 1.11 bits per heavy atom. The van der Waals surface area contributed by atoms with Crippen molar-refractivity contribution in [1.29, 1.82) is 0 Å². The van der Waals surface area contributed by atoms with E-state index in [1.807, 2.05) is 6.07 Å². The van der Waals surface area contributed by atoms with Crippen molar-refractivity contribution in [3.63, 3.8) is 0 Å². The first-order valence-corrected chi connectivity index (χ1v) is 7.39. The van der Waals surface area contributed by atoms with Gasteiger partial charge in [0.05, 0.1) is 0 Å². The molecule has 18 heavy (non-hydrogen) atoms. The first-order valence-electron chi connectivity index (χ1n) is 7.02. The van der Waals surface area contributed by atoms with Crippen LogP contribution in [0.25, 0.3) is 0 Å². The molecular formula is C15H19ClN2. The van der Waals surface area contributed by atoms with E-state index < -0.39 is 0 Å². The van der Waals surface area contributed by atoms with E-state index >= 15 is 0 Å². The van der Waals surface area contributed by atoms with Gasteiger partial charge in [0.25, 0.3) is 0 Å². The number of rotatable bonds is 1. The van der Waals surface area contributed by atoms with Crippen molar-refractivity contribution in [2.24, 2.45) is 0 Å². The van der Waals surface area contributed by atoms with Crippen LogP contribution in [-0.2, 0) is 0 Å². The van der Waals surface area contributed by atoms with Gasteiger partial charge in [-0.3, -0.25) is 0 Å². The topological polar surface area (TPSA) is 15.3 Å². The van der Waals surface area contributed by atoms with Crippen molar-refractivity contribution < 1.29 is 0 Å². The summed E-state index contributed by atoms with van der Waals surface area (Å²) in [6.45, 7) is 2.15. The molecule has 4 aliphatic heterocycles. The van der Waals surface area contributed by atoms with Crippen LogP contribution in [0, 0.1) is 6.92 Å². The summed E-state index contributed by atoms with van der Waals surface area (Å²) in [4.78, 5) is 2.68.